The average molecular weight is 609 g/mol. The van der Waals surface area contributed by atoms with E-state index in [1.165, 1.54) is 122 Å². The molecule has 0 spiro atoms. The molecule has 0 N–H and O–H groups in total. The van der Waals surface area contributed by atoms with E-state index in [-0.39, 0.29) is 5.60 Å². The van der Waals surface area contributed by atoms with Crippen molar-refractivity contribution in [2.75, 3.05) is 13.4 Å². The standard InChI is InChI=1S/3C8H14.C6H14.C5H12O.C5H12S/c3*1-2-4-6-8-7-5-3-1;1-5-6(2,3)4;2*1-5(2,3)6-4/h3*1-2H,3-8H2;5H2,1-4H3;2*1-4H3. The molecule has 0 aromatic heterocycles. The number of rotatable bonds is 0. The Morgan fingerprint density at radius 2 is 0.643 bits per heavy atom. The van der Waals surface area contributed by atoms with E-state index < -0.39 is 0 Å². The van der Waals surface area contributed by atoms with Crippen LogP contribution in [0.15, 0.2) is 36.5 Å². The van der Waals surface area contributed by atoms with Gasteiger partial charge in [0.1, 0.15) is 0 Å². The van der Waals surface area contributed by atoms with Crippen LogP contribution in [0, 0.1) is 5.41 Å². The molecule has 1 nitrogen and oxygen atoms in total. The number of methoxy groups -OCH3 is 1. The van der Waals surface area contributed by atoms with Gasteiger partial charge in [0.05, 0.1) is 5.60 Å². The molecule has 0 radical (unpaired) electrons. The fourth-order valence-corrected chi connectivity index (χ4v) is 3.34. The van der Waals surface area contributed by atoms with Crippen molar-refractivity contribution in [2.45, 2.75) is 202 Å². The lowest BCUT2D eigenvalue weighted by Gasteiger charge is -2.14. The van der Waals surface area contributed by atoms with Gasteiger partial charge in [-0.25, -0.2) is 0 Å². The molecule has 0 unspecified atom stereocenters. The van der Waals surface area contributed by atoms with Crippen LogP contribution >= 0.6 is 11.8 Å². The van der Waals surface area contributed by atoms with Crippen LogP contribution in [0.1, 0.15) is 191 Å². The molecule has 0 bridgehead atoms. The molecular formula is C40H80OS. The molecule has 0 aliphatic heterocycles. The van der Waals surface area contributed by atoms with Gasteiger partial charge in [-0.3, -0.25) is 0 Å². The van der Waals surface area contributed by atoms with Crippen molar-refractivity contribution in [1.82, 2.24) is 0 Å². The van der Waals surface area contributed by atoms with Crippen LogP contribution in [0.5, 0.6) is 0 Å². The van der Waals surface area contributed by atoms with Crippen LogP contribution in [0.4, 0.5) is 0 Å². The largest absolute Gasteiger partial charge is 0.379 e. The van der Waals surface area contributed by atoms with Crippen LogP contribution in [-0.4, -0.2) is 23.7 Å². The van der Waals surface area contributed by atoms with Gasteiger partial charge in [-0.2, -0.15) is 11.8 Å². The Labute approximate surface area is 272 Å². The highest BCUT2D eigenvalue weighted by Gasteiger charge is 2.05. The predicted molar refractivity (Wildman–Crippen MR) is 200 cm³/mol. The number of allylic oxidation sites excluding steroid dienone is 6. The molecule has 0 saturated carbocycles. The van der Waals surface area contributed by atoms with E-state index >= 15 is 0 Å². The summed E-state index contributed by atoms with van der Waals surface area (Å²) in [6.45, 7) is 21.6. The Kier molecular flexibility index (Phi) is 34.9. The second-order valence-corrected chi connectivity index (χ2v) is 16.6. The van der Waals surface area contributed by atoms with E-state index in [0.29, 0.717) is 10.2 Å². The van der Waals surface area contributed by atoms with E-state index in [1.54, 1.807) is 7.11 Å². The fraction of sp³-hybridized carbons (Fsp3) is 0.850. The highest BCUT2D eigenvalue weighted by molar-refractivity contribution is 7.99. The van der Waals surface area contributed by atoms with Crippen LogP contribution in [0.3, 0.4) is 0 Å². The van der Waals surface area contributed by atoms with Crippen molar-refractivity contribution >= 4 is 11.8 Å². The van der Waals surface area contributed by atoms with Gasteiger partial charge in [-0.1, -0.05) is 130 Å². The molecule has 3 rings (SSSR count). The molecule has 0 heterocycles. The first-order chi connectivity index (χ1) is 19.7. The Morgan fingerprint density at radius 3 is 0.738 bits per heavy atom. The maximum Gasteiger partial charge on any atom is 0.0594 e. The predicted octanol–water partition coefficient (Wildman–Crippen LogP) is 14.7. The van der Waals surface area contributed by atoms with Gasteiger partial charge in [0, 0.05) is 11.9 Å². The molecule has 3 aliphatic carbocycles. The molecule has 0 aromatic carbocycles. The van der Waals surface area contributed by atoms with Gasteiger partial charge in [0.15, 0.2) is 0 Å². The van der Waals surface area contributed by atoms with Gasteiger partial charge < -0.3 is 4.74 Å². The highest BCUT2D eigenvalue weighted by Crippen LogP contribution is 2.18. The van der Waals surface area contributed by atoms with Crippen molar-refractivity contribution in [2.24, 2.45) is 5.41 Å². The van der Waals surface area contributed by atoms with Gasteiger partial charge in [-0.05, 0) is 109 Å². The smallest absolute Gasteiger partial charge is 0.0594 e. The normalized spacial score (nSPS) is 17.7. The van der Waals surface area contributed by atoms with E-state index in [1.807, 2.05) is 32.5 Å². The molecule has 42 heavy (non-hydrogen) atoms. The van der Waals surface area contributed by atoms with Crippen LogP contribution < -0.4 is 0 Å². The average Bonchev–Trinajstić information content (AvgIpc) is 2.83. The zero-order valence-electron chi connectivity index (χ0n) is 31.2. The Morgan fingerprint density at radius 1 is 0.476 bits per heavy atom. The Bertz CT molecular complexity index is 479. The first kappa shape index (κ1) is 46.0. The van der Waals surface area contributed by atoms with Gasteiger partial charge >= 0.3 is 0 Å². The lowest BCUT2D eigenvalue weighted by molar-refractivity contribution is 0.0397. The summed E-state index contributed by atoms with van der Waals surface area (Å²) >= 11 is 1.88. The third-order valence-electron chi connectivity index (χ3n) is 7.26. The summed E-state index contributed by atoms with van der Waals surface area (Å²) < 4.78 is 5.40. The van der Waals surface area contributed by atoms with Crippen molar-refractivity contribution in [1.29, 1.82) is 0 Å². The number of hydrogen-bond acceptors (Lipinski definition) is 2. The molecule has 2 heteroatoms. The summed E-state index contributed by atoms with van der Waals surface area (Å²) in [6.07, 6.45) is 42.4. The molecule has 252 valence electrons. The SMILES string of the molecule is C1=CCCCCCC1.C1=CCCCCCC1.C1=CCCCCCC1.CCC(C)(C)C.COC(C)(C)C.CSC(C)(C)C. The minimum atomic E-state index is 0.0417. The fourth-order valence-electron chi connectivity index (χ4n) is 3.34. The van der Waals surface area contributed by atoms with E-state index in [2.05, 4.69) is 91.2 Å². The number of hydrogen-bond donors (Lipinski definition) is 0. The van der Waals surface area contributed by atoms with E-state index in [4.69, 9.17) is 4.74 Å². The molecule has 0 aromatic rings. The molecule has 0 fully saturated rings. The second kappa shape index (κ2) is 31.9. The lowest BCUT2D eigenvalue weighted by Crippen LogP contribution is -2.15. The number of thioether (sulfide) groups is 1. The second-order valence-electron chi connectivity index (χ2n) is 14.9. The van der Waals surface area contributed by atoms with Gasteiger partial charge in [0.2, 0.25) is 0 Å². The third-order valence-corrected chi connectivity index (χ3v) is 8.48. The minimum Gasteiger partial charge on any atom is -0.379 e. The third kappa shape index (κ3) is 55.5. The number of ether oxygens (including phenoxy) is 1. The van der Waals surface area contributed by atoms with Crippen molar-refractivity contribution < 1.29 is 4.74 Å². The minimum absolute atomic E-state index is 0.0417. The summed E-state index contributed by atoms with van der Waals surface area (Å²) in [6, 6.07) is 0. The van der Waals surface area contributed by atoms with Crippen molar-refractivity contribution in [3.8, 4) is 0 Å². The first-order valence-corrected chi connectivity index (χ1v) is 19.0. The topological polar surface area (TPSA) is 9.23 Å². The monoisotopic (exact) mass is 609 g/mol. The molecule has 0 saturated heterocycles. The molecule has 0 amide bonds. The maximum absolute atomic E-state index is 4.94. The van der Waals surface area contributed by atoms with Crippen LogP contribution in [-0.2, 0) is 4.74 Å². The van der Waals surface area contributed by atoms with E-state index in [0.717, 1.165) is 0 Å². The van der Waals surface area contributed by atoms with Gasteiger partial charge in [-0.15, -0.1) is 0 Å². The summed E-state index contributed by atoms with van der Waals surface area (Å²) in [7, 11) is 1.71. The summed E-state index contributed by atoms with van der Waals surface area (Å²) in [5.74, 6) is 0. The van der Waals surface area contributed by atoms with Crippen LogP contribution in [0.25, 0.3) is 0 Å². The molecule has 0 atom stereocenters. The van der Waals surface area contributed by atoms with Gasteiger partial charge in [0.25, 0.3) is 0 Å². The summed E-state index contributed by atoms with van der Waals surface area (Å²) in [5.41, 5.74) is 0.583. The zero-order chi connectivity index (χ0) is 32.6. The van der Waals surface area contributed by atoms with Crippen molar-refractivity contribution in [3.05, 3.63) is 36.5 Å². The first-order valence-electron chi connectivity index (χ1n) is 17.7. The Hall–Kier alpha value is -0.470. The van der Waals surface area contributed by atoms with E-state index in [9.17, 15) is 0 Å². The quantitative estimate of drug-likeness (QED) is 0.253. The summed E-state index contributed by atoms with van der Waals surface area (Å²) in [4.78, 5) is 0. The molecule has 3 aliphatic rings. The highest BCUT2D eigenvalue weighted by atomic mass is 32.2. The summed E-state index contributed by atoms with van der Waals surface area (Å²) in [5, 5.41) is 0. The van der Waals surface area contributed by atoms with Crippen molar-refractivity contribution in [3.63, 3.8) is 0 Å². The maximum atomic E-state index is 4.94. The van der Waals surface area contributed by atoms with Crippen LogP contribution in [0.2, 0.25) is 0 Å². The zero-order valence-corrected chi connectivity index (χ0v) is 32.0. The Balaban J connectivity index is -0.000000438. The lowest BCUT2D eigenvalue weighted by atomic mass is 9.94. The molecular weight excluding hydrogens is 529 g/mol.